The molecule has 5 nitrogen and oxygen atoms in total. The topological polar surface area (TPSA) is 87.4 Å². The fraction of sp³-hybridized carbons (Fsp3) is 0.182. The number of carboxylic acid groups (broad SMARTS) is 1. The summed E-state index contributed by atoms with van der Waals surface area (Å²) in [4.78, 5) is 19.9. The molecule has 0 aliphatic rings. The first-order valence-corrected chi connectivity index (χ1v) is 4.16. The van der Waals surface area contributed by atoms with Crippen molar-refractivity contribution in [2.45, 2.75) is 6.92 Å². The van der Waals surface area contributed by atoms with Gasteiger partial charge in [-0.25, -0.2) is 9.59 Å². The van der Waals surface area contributed by atoms with Crippen LogP contribution in [0.5, 0.6) is 0 Å². The van der Waals surface area contributed by atoms with Crippen molar-refractivity contribution in [1.29, 1.82) is 5.26 Å². The molecule has 0 aliphatic carbocycles. The van der Waals surface area contributed by atoms with E-state index < -0.39 is 11.9 Å². The van der Waals surface area contributed by atoms with Crippen molar-refractivity contribution in [3.8, 4) is 6.07 Å². The molecular weight excluding hydrogens is 210 g/mol. The van der Waals surface area contributed by atoms with Gasteiger partial charge in [0.15, 0.2) is 0 Å². The highest BCUT2D eigenvalue weighted by Gasteiger charge is 1.94. The van der Waals surface area contributed by atoms with Gasteiger partial charge < -0.3 is 9.84 Å². The van der Waals surface area contributed by atoms with Gasteiger partial charge in [0.05, 0.1) is 13.2 Å². The monoisotopic (exact) mass is 223 g/mol. The van der Waals surface area contributed by atoms with E-state index >= 15 is 0 Å². The summed E-state index contributed by atoms with van der Waals surface area (Å²) in [5.74, 6) is -1.36. The molecule has 5 heteroatoms. The Kier molecular flexibility index (Phi) is 10.8. The molecule has 0 rings (SSSR count). The SMILES string of the molecule is C=CC(=O)OC.CC(=CC=CC#N)C(=O)O. The van der Waals surface area contributed by atoms with E-state index in [1.807, 2.05) is 0 Å². The summed E-state index contributed by atoms with van der Waals surface area (Å²) in [6, 6.07) is 1.74. The Morgan fingerprint density at radius 3 is 2.31 bits per heavy atom. The van der Waals surface area contributed by atoms with Gasteiger partial charge in [-0.3, -0.25) is 0 Å². The van der Waals surface area contributed by atoms with Crippen LogP contribution in [0.3, 0.4) is 0 Å². The molecule has 0 saturated heterocycles. The minimum Gasteiger partial charge on any atom is -0.478 e. The fourth-order valence-corrected chi connectivity index (χ4v) is 0.390. The zero-order valence-electron chi connectivity index (χ0n) is 9.14. The Morgan fingerprint density at radius 1 is 1.50 bits per heavy atom. The number of aliphatic carboxylic acids is 1. The second kappa shape index (κ2) is 10.7. The molecule has 86 valence electrons. The maximum atomic E-state index is 10.1. The highest BCUT2D eigenvalue weighted by atomic mass is 16.5. The number of nitrogens with zero attached hydrogens (tertiary/aromatic N) is 1. The number of nitriles is 1. The number of ether oxygens (including phenoxy) is 1. The fourth-order valence-electron chi connectivity index (χ4n) is 0.390. The van der Waals surface area contributed by atoms with Crippen LogP contribution in [0.2, 0.25) is 0 Å². The zero-order valence-corrected chi connectivity index (χ0v) is 9.14. The molecule has 0 heterocycles. The molecule has 0 spiro atoms. The van der Waals surface area contributed by atoms with Crippen LogP contribution in [0.15, 0.2) is 36.5 Å². The summed E-state index contributed by atoms with van der Waals surface area (Å²) in [7, 11) is 1.31. The molecule has 0 atom stereocenters. The van der Waals surface area contributed by atoms with Gasteiger partial charge in [0.2, 0.25) is 0 Å². The normalized spacial score (nSPS) is 9.69. The largest absolute Gasteiger partial charge is 0.478 e. The van der Waals surface area contributed by atoms with E-state index in [1.165, 1.54) is 32.3 Å². The number of hydrogen-bond acceptors (Lipinski definition) is 4. The third-order valence-electron chi connectivity index (χ3n) is 1.22. The smallest absolute Gasteiger partial charge is 0.331 e. The lowest BCUT2D eigenvalue weighted by Gasteiger charge is -1.85. The van der Waals surface area contributed by atoms with Gasteiger partial charge in [-0.05, 0) is 6.92 Å². The van der Waals surface area contributed by atoms with E-state index in [-0.39, 0.29) is 5.57 Å². The maximum Gasteiger partial charge on any atom is 0.331 e. The number of carboxylic acids is 1. The Labute approximate surface area is 93.9 Å². The molecular formula is C11H13NO4. The third kappa shape index (κ3) is 11.6. The second-order valence-corrected chi connectivity index (χ2v) is 2.37. The summed E-state index contributed by atoms with van der Waals surface area (Å²) in [6.07, 6.45) is 5.08. The number of hydrogen-bond donors (Lipinski definition) is 1. The summed E-state index contributed by atoms with van der Waals surface area (Å²) in [5.41, 5.74) is 0.214. The highest BCUT2D eigenvalue weighted by Crippen LogP contribution is 1.91. The lowest BCUT2D eigenvalue weighted by atomic mass is 10.3. The van der Waals surface area contributed by atoms with Gasteiger partial charge in [0.1, 0.15) is 0 Å². The van der Waals surface area contributed by atoms with Gasteiger partial charge in [0.25, 0.3) is 0 Å². The van der Waals surface area contributed by atoms with E-state index in [1.54, 1.807) is 6.07 Å². The first-order chi connectivity index (χ1) is 7.49. The van der Waals surface area contributed by atoms with Crippen molar-refractivity contribution < 1.29 is 19.4 Å². The van der Waals surface area contributed by atoms with Gasteiger partial charge in [0, 0.05) is 17.7 Å². The van der Waals surface area contributed by atoms with Gasteiger partial charge in [-0.15, -0.1) is 0 Å². The van der Waals surface area contributed by atoms with Crippen LogP contribution in [0.4, 0.5) is 0 Å². The van der Waals surface area contributed by atoms with Crippen molar-refractivity contribution in [3.63, 3.8) is 0 Å². The van der Waals surface area contributed by atoms with Crippen LogP contribution >= 0.6 is 0 Å². The molecule has 0 radical (unpaired) electrons. The number of allylic oxidation sites excluding steroid dienone is 3. The Hall–Kier alpha value is -2.35. The van der Waals surface area contributed by atoms with Crippen LogP contribution in [0.25, 0.3) is 0 Å². The molecule has 0 saturated carbocycles. The number of rotatable bonds is 3. The summed E-state index contributed by atoms with van der Waals surface area (Å²) >= 11 is 0. The first kappa shape index (κ1) is 16.1. The van der Waals surface area contributed by atoms with E-state index in [9.17, 15) is 9.59 Å². The Morgan fingerprint density at radius 2 is 2.06 bits per heavy atom. The third-order valence-corrected chi connectivity index (χ3v) is 1.22. The molecule has 16 heavy (non-hydrogen) atoms. The molecule has 0 aromatic carbocycles. The Balaban J connectivity index is 0. The van der Waals surface area contributed by atoms with E-state index in [0.29, 0.717) is 0 Å². The standard InChI is InChI=1S/C7H7NO2.C4H6O2/c1-6(7(9)10)4-2-3-5-8;1-3-4(5)6-2/h2-4H,1H3,(H,9,10);3H,1H2,2H3. The van der Waals surface area contributed by atoms with Crippen molar-refractivity contribution in [2.24, 2.45) is 0 Å². The first-order valence-electron chi connectivity index (χ1n) is 4.16. The van der Waals surface area contributed by atoms with Crippen molar-refractivity contribution >= 4 is 11.9 Å². The summed E-state index contributed by atoms with van der Waals surface area (Å²) in [5, 5.41) is 16.3. The Bertz CT molecular complexity index is 347. The summed E-state index contributed by atoms with van der Waals surface area (Å²) in [6.45, 7) is 4.62. The van der Waals surface area contributed by atoms with E-state index in [0.717, 1.165) is 6.08 Å². The lowest BCUT2D eigenvalue weighted by Crippen LogP contribution is -1.94. The molecule has 0 aromatic rings. The maximum absolute atomic E-state index is 10.1. The number of carbonyl (C=O) groups excluding carboxylic acids is 1. The average Bonchev–Trinajstić information content (AvgIpc) is 2.28. The van der Waals surface area contributed by atoms with E-state index in [2.05, 4.69) is 11.3 Å². The lowest BCUT2D eigenvalue weighted by molar-refractivity contribution is -0.135. The van der Waals surface area contributed by atoms with Crippen LogP contribution < -0.4 is 0 Å². The molecule has 0 bridgehead atoms. The van der Waals surface area contributed by atoms with Crippen LogP contribution in [0.1, 0.15) is 6.92 Å². The van der Waals surface area contributed by atoms with Crippen molar-refractivity contribution in [2.75, 3.05) is 7.11 Å². The number of methoxy groups -OCH3 is 1. The quantitative estimate of drug-likeness (QED) is 0.338. The van der Waals surface area contributed by atoms with Gasteiger partial charge in [-0.1, -0.05) is 18.7 Å². The minimum absolute atomic E-state index is 0.214. The second-order valence-electron chi connectivity index (χ2n) is 2.37. The predicted octanol–water partition coefficient (Wildman–Crippen LogP) is 1.44. The minimum atomic E-state index is -0.970. The van der Waals surface area contributed by atoms with E-state index in [4.69, 9.17) is 10.4 Å². The molecule has 1 N–H and O–H groups in total. The van der Waals surface area contributed by atoms with Crippen molar-refractivity contribution in [1.82, 2.24) is 0 Å². The molecule has 0 aromatic heterocycles. The van der Waals surface area contributed by atoms with Crippen LogP contribution in [-0.4, -0.2) is 24.2 Å². The van der Waals surface area contributed by atoms with Crippen LogP contribution in [0, 0.1) is 11.3 Å². The van der Waals surface area contributed by atoms with Gasteiger partial charge >= 0.3 is 11.9 Å². The average molecular weight is 223 g/mol. The molecule has 0 fully saturated rings. The summed E-state index contributed by atoms with van der Waals surface area (Å²) < 4.78 is 4.14. The molecule has 0 aliphatic heterocycles. The van der Waals surface area contributed by atoms with Crippen molar-refractivity contribution in [3.05, 3.63) is 36.5 Å². The number of carbonyl (C=O) groups is 2. The predicted molar refractivity (Wildman–Crippen MR) is 58.4 cm³/mol. The zero-order chi connectivity index (χ0) is 13.0. The molecule has 0 amide bonds. The van der Waals surface area contributed by atoms with Crippen LogP contribution in [-0.2, 0) is 14.3 Å². The molecule has 0 unspecified atom stereocenters. The van der Waals surface area contributed by atoms with Gasteiger partial charge in [-0.2, -0.15) is 5.26 Å². The highest BCUT2D eigenvalue weighted by molar-refractivity contribution is 5.86. The number of esters is 1.